The first-order valence-electron chi connectivity index (χ1n) is 15.5. The zero-order valence-electron chi connectivity index (χ0n) is 25.1. The van der Waals surface area contributed by atoms with Gasteiger partial charge in [0.1, 0.15) is 0 Å². The van der Waals surface area contributed by atoms with Crippen molar-refractivity contribution in [3.05, 3.63) is 68.4 Å². The van der Waals surface area contributed by atoms with E-state index in [1.54, 1.807) is 0 Å². The molecule has 2 aromatic rings. The van der Waals surface area contributed by atoms with Gasteiger partial charge in [-0.1, -0.05) is 30.7 Å². The van der Waals surface area contributed by atoms with Gasteiger partial charge in [0.15, 0.2) is 0 Å². The number of thiophene rings is 1. The van der Waals surface area contributed by atoms with Crippen molar-refractivity contribution >= 4 is 17.1 Å². The molecule has 41 heavy (non-hydrogen) atoms. The first-order chi connectivity index (χ1) is 19.6. The van der Waals surface area contributed by atoms with Crippen LogP contribution in [0.5, 0.6) is 0 Å². The van der Waals surface area contributed by atoms with Gasteiger partial charge in [0, 0.05) is 55.1 Å². The smallest absolute Gasteiger partial charge is 0.203 e. The molecule has 3 N–H and O–H groups in total. The van der Waals surface area contributed by atoms with E-state index in [-0.39, 0.29) is 18.3 Å². The number of allylic oxidation sites excluding steroid dienone is 2. The topological polar surface area (TPSA) is 84.2 Å². The third-order valence-electron chi connectivity index (χ3n) is 10.2. The van der Waals surface area contributed by atoms with Crippen molar-refractivity contribution in [3.63, 3.8) is 0 Å². The number of aliphatic hydroxyl groups is 3. The van der Waals surface area contributed by atoms with Gasteiger partial charge < -0.3 is 15.3 Å². The highest BCUT2D eigenvalue weighted by Crippen LogP contribution is 2.59. The number of nitrogens with zero attached hydrogens (tertiary/aromatic N) is 2. The molecule has 0 radical (unpaired) electrons. The van der Waals surface area contributed by atoms with Crippen molar-refractivity contribution in [2.24, 2.45) is 5.41 Å². The quantitative estimate of drug-likeness (QED) is 0.332. The van der Waals surface area contributed by atoms with Gasteiger partial charge in [0.25, 0.3) is 0 Å². The molecule has 4 atom stereocenters. The highest BCUT2D eigenvalue weighted by Gasteiger charge is 2.57. The molecule has 4 aliphatic rings. The minimum atomic E-state index is -0.871. The summed E-state index contributed by atoms with van der Waals surface area (Å²) in [6, 6.07) is 10.2. The number of aryl methyl sites for hydroxylation is 1. The van der Waals surface area contributed by atoms with Crippen LogP contribution in [0.4, 0.5) is 0 Å². The predicted octanol–water partition coefficient (Wildman–Crippen LogP) is 4.94. The number of benzene rings is 1. The lowest BCUT2D eigenvalue weighted by molar-refractivity contribution is -0.0888. The molecule has 3 aliphatic carbocycles. The fourth-order valence-electron chi connectivity index (χ4n) is 7.57. The molecule has 2 fully saturated rings. The molecule has 1 aliphatic heterocycles. The van der Waals surface area contributed by atoms with Crippen molar-refractivity contribution < 1.29 is 20.1 Å². The molecule has 7 heteroatoms. The lowest BCUT2D eigenvalue weighted by Gasteiger charge is -2.47. The van der Waals surface area contributed by atoms with Gasteiger partial charge in [-0.05, 0) is 94.0 Å². The summed E-state index contributed by atoms with van der Waals surface area (Å²) in [7, 11) is 0. The van der Waals surface area contributed by atoms with Crippen molar-refractivity contribution in [2.75, 3.05) is 45.9 Å². The summed E-state index contributed by atoms with van der Waals surface area (Å²) in [5, 5.41) is 32.7. The number of fused-ring (bicyclic) bond motifs is 8. The lowest BCUT2D eigenvalue weighted by atomic mass is 9.64. The van der Waals surface area contributed by atoms with Gasteiger partial charge in [-0.15, -0.1) is 11.3 Å². The molecule has 2 heterocycles. The van der Waals surface area contributed by atoms with E-state index in [1.807, 2.05) is 25.1 Å². The van der Waals surface area contributed by atoms with Crippen LogP contribution in [0.15, 0.2) is 42.0 Å². The summed E-state index contributed by atoms with van der Waals surface area (Å²) < 4.78 is 0. The minimum Gasteiger partial charge on any atom is -0.395 e. The predicted molar refractivity (Wildman–Crippen MR) is 166 cm³/mol. The van der Waals surface area contributed by atoms with Crippen LogP contribution in [0.25, 0.3) is 0 Å². The van der Waals surface area contributed by atoms with E-state index in [2.05, 4.69) is 41.9 Å². The molecule has 6 rings (SSSR count). The zero-order valence-corrected chi connectivity index (χ0v) is 25.9. The Morgan fingerprint density at radius 2 is 1.80 bits per heavy atom. The maximum Gasteiger partial charge on any atom is 0.203 e. The second kappa shape index (κ2) is 12.8. The first kappa shape index (κ1) is 30.6. The van der Waals surface area contributed by atoms with Crippen molar-refractivity contribution in [3.8, 4) is 0 Å². The summed E-state index contributed by atoms with van der Waals surface area (Å²) in [6.45, 7) is 11.6. The highest BCUT2D eigenvalue weighted by atomic mass is 32.1. The Kier molecular flexibility index (Phi) is 9.53. The number of hydrogen-bond donors (Lipinski definition) is 3. The Labute approximate surface area is 249 Å². The lowest BCUT2D eigenvalue weighted by Crippen LogP contribution is -2.56. The summed E-state index contributed by atoms with van der Waals surface area (Å²) in [6.07, 6.45) is 7.19. The van der Waals surface area contributed by atoms with Gasteiger partial charge in [0.05, 0.1) is 23.2 Å². The molecular formula is C34H48N2O4S. The average molecular weight is 581 g/mol. The van der Waals surface area contributed by atoms with Crippen molar-refractivity contribution in [1.29, 1.82) is 0 Å². The van der Waals surface area contributed by atoms with Crippen LogP contribution in [0.3, 0.4) is 0 Å². The first-order valence-corrected chi connectivity index (χ1v) is 16.3. The number of piperazine rings is 1. The maximum atomic E-state index is 14.0. The third kappa shape index (κ3) is 6.56. The van der Waals surface area contributed by atoms with E-state index in [0.717, 1.165) is 78.3 Å². The van der Waals surface area contributed by atoms with E-state index in [0.29, 0.717) is 32.4 Å². The number of rotatable bonds is 6. The van der Waals surface area contributed by atoms with Crippen LogP contribution < -0.4 is 0 Å². The van der Waals surface area contributed by atoms with E-state index in [9.17, 15) is 20.1 Å². The normalized spacial score (nSPS) is 30.1. The van der Waals surface area contributed by atoms with Gasteiger partial charge in [-0.25, -0.2) is 0 Å². The van der Waals surface area contributed by atoms with E-state index in [1.165, 1.54) is 16.9 Å². The number of aliphatic hydroxyl groups excluding tert-OH is 2. The SMILES string of the molecule is CC1=CCCC2(C)C(CCC2(O)CN2CCN(CCO)CC2)c2ccc(cc2C(=O)c2ccc(C)s2)CC(O)CC1. The maximum absolute atomic E-state index is 14.0. The molecule has 4 unspecified atom stereocenters. The fourth-order valence-corrected chi connectivity index (χ4v) is 8.39. The Balaban J connectivity index is 1.52. The van der Waals surface area contributed by atoms with Gasteiger partial charge in [-0.3, -0.25) is 14.6 Å². The average Bonchev–Trinajstić information content (AvgIpc) is 3.49. The summed E-state index contributed by atoms with van der Waals surface area (Å²) >= 11 is 1.53. The second-order valence-electron chi connectivity index (χ2n) is 13.0. The Morgan fingerprint density at radius 3 is 2.51 bits per heavy atom. The van der Waals surface area contributed by atoms with Gasteiger partial charge in [-0.2, -0.15) is 0 Å². The Hall–Kier alpha value is -1.87. The molecule has 1 aromatic carbocycles. The Bertz CT molecular complexity index is 1250. The number of β-amino-alcohol motifs (C(OH)–C–C–N with tert-alkyl or cyclic N) is 2. The standard InChI is InChI=1S/C34H48N2O4S/c1-24-5-4-13-33(3)30(12-14-34(33,40)23-36-17-15-35(16-18-36)19-20-37)28-10-8-26(21-27(38)9-6-24)22-29(28)32(39)31-11-7-25(2)41-31/h5,7-8,10-11,22,27,30,37-38,40H,4,6,9,12-21,23H2,1-3H3. The summed E-state index contributed by atoms with van der Waals surface area (Å²) in [5.41, 5.74) is 2.79. The largest absolute Gasteiger partial charge is 0.395 e. The molecule has 0 spiro atoms. The zero-order chi connectivity index (χ0) is 29.2. The minimum absolute atomic E-state index is 0.0510. The number of ketones is 1. The van der Waals surface area contributed by atoms with Crippen molar-refractivity contribution in [1.82, 2.24) is 9.80 Å². The van der Waals surface area contributed by atoms with Crippen LogP contribution in [0, 0.1) is 12.3 Å². The summed E-state index contributed by atoms with van der Waals surface area (Å²) in [4.78, 5) is 20.6. The van der Waals surface area contributed by atoms with Crippen LogP contribution >= 0.6 is 11.3 Å². The van der Waals surface area contributed by atoms with E-state index < -0.39 is 17.1 Å². The molecule has 2 bridgehead atoms. The summed E-state index contributed by atoms with van der Waals surface area (Å²) in [5.74, 6) is 0.105. The molecular weight excluding hydrogens is 532 g/mol. The molecule has 1 saturated carbocycles. The van der Waals surface area contributed by atoms with Crippen LogP contribution in [0.2, 0.25) is 0 Å². The van der Waals surface area contributed by atoms with Crippen LogP contribution in [-0.4, -0.2) is 88.5 Å². The molecule has 1 aromatic heterocycles. The second-order valence-corrected chi connectivity index (χ2v) is 14.3. The number of carbonyl (C=O) groups excluding carboxylic acids is 1. The van der Waals surface area contributed by atoms with E-state index in [4.69, 9.17) is 0 Å². The van der Waals surface area contributed by atoms with Crippen LogP contribution in [-0.2, 0) is 6.42 Å². The Morgan fingerprint density at radius 1 is 1.05 bits per heavy atom. The highest BCUT2D eigenvalue weighted by molar-refractivity contribution is 7.14. The molecule has 0 amide bonds. The fraction of sp³-hybridized carbons (Fsp3) is 0.618. The third-order valence-corrected chi connectivity index (χ3v) is 11.2. The van der Waals surface area contributed by atoms with Crippen LogP contribution in [0.1, 0.15) is 89.5 Å². The number of hydrogen-bond acceptors (Lipinski definition) is 7. The number of carbonyl (C=O) groups is 1. The van der Waals surface area contributed by atoms with Crippen molar-refractivity contribution in [2.45, 2.75) is 83.3 Å². The molecule has 224 valence electrons. The van der Waals surface area contributed by atoms with Gasteiger partial charge >= 0.3 is 0 Å². The monoisotopic (exact) mass is 580 g/mol. The molecule has 1 saturated heterocycles. The van der Waals surface area contributed by atoms with Gasteiger partial charge in [0.2, 0.25) is 5.78 Å². The molecule has 6 nitrogen and oxygen atoms in total. The van der Waals surface area contributed by atoms with E-state index >= 15 is 0 Å².